The third kappa shape index (κ3) is 4.04. The molecule has 3 heteroatoms. The second-order valence-corrected chi connectivity index (χ2v) is 8.07. The van der Waals surface area contributed by atoms with Gasteiger partial charge in [-0.2, -0.15) is 0 Å². The number of hydrogen-bond acceptors (Lipinski definition) is 2. The van der Waals surface area contributed by atoms with Gasteiger partial charge in [0.1, 0.15) is 11.4 Å². The van der Waals surface area contributed by atoms with Crippen molar-refractivity contribution < 1.29 is 14.6 Å². The zero-order valence-corrected chi connectivity index (χ0v) is 16.9. The van der Waals surface area contributed by atoms with Gasteiger partial charge in [-0.05, 0) is 72.2 Å². The highest BCUT2D eigenvalue weighted by Gasteiger charge is 2.32. The van der Waals surface area contributed by atoms with Gasteiger partial charge in [0.15, 0.2) is 0 Å². The smallest absolute Gasteiger partial charge is 0.336 e. The molecule has 3 aromatic carbocycles. The van der Waals surface area contributed by atoms with E-state index in [1.54, 1.807) is 12.1 Å². The van der Waals surface area contributed by atoms with E-state index in [1.807, 2.05) is 24.3 Å². The molecule has 0 aliphatic carbocycles. The van der Waals surface area contributed by atoms with Crippen molar-refractivity contribution in [2.24, 2.45) is 0 Å². The summed E-state index contributed by atoms with van der Waals surface area (Å²) in [7, 11) is 0. The van der Waals surface area contributed by atoms with E-state index in [-0.39, 0.29) is 5.60 Å². The van der Waals surface area contributed by atoms with E-state index in [2.05, 4.69) is 44.2 Å². The van der Waals surface area contributed by atoms with Gasteiger partial charge in [-0.1, -0.05) is 55.5 Å². The van der Waals surface area contributed by atoms with E-state index in [4.69, 9.17) is 4.74 Å². The van der Waals surface area contributed by atoms with Crippen LogP contribution >= 0.6 is 0 Å². The third-order valence-electron chi connectivity index (χ3n) is 5.82. The van der Waals surface area contributed by atoms with Crippen LogP contribution in [0.1, 0.15) is 47.3 Å². The molecule has 1 aliphatic heterocycles. The Bertz CT molecular complexity index is 1040. The van der Waals surface area contributed by atoms with E-state index in [0.29, 0.717) is 5.56 Å². The van der Waals surface area contributed by atoms with E-state index in [9.17, 15) is 9.90 Å². The lowest BCUT2D eigenvalue weighted by atomic mass is 9.86. The number of carbonyl (C=O) groups is 1. The van der Waals surface area contributed by atoms with Crippen molar-refractivity contribution in [2.75, 3.05) is 0 Å². The minimum atomic E-state index is -0.906. The summed E-state index contributed by atoms with van der Waals surface area (Å²) in [5, 5.41) is 9.48. The molecule has 3 aromatic rings. The van der Waals surface area contributed by atoms with Crippen LogP contribution in [0.4, 0.5) is 0 Å². The molecule has 0 radical (unpaired) electrons. The van der Waals surface area contributed by atoms with E-state index >= 15 is 0 Å². The van der Waals surface area contributed by atoms with Crippen molar-refractivity contribution in [3.63, 3.8) is 0 Å². The molecule has 3 nitrogen and oxygen atoms in total. The molecule has 4 rings (SSSR count). The van der Waals surface area contributed by atoms with E-state index in [0.717, 1.165) is 48.1 Å². The number of carboxylic acids is 1. The highest BCUT2D eigenvalue weighted by atomic mass is 16.5. The molecular weight excluding hydrogens is 360 g/mol. The molecule has 0 spiro atoms. The summed E-state index contributed by atoms with van der Waals surface area (Å²) in [6.07, 6.45) is 3.77. The molecule has 1 heterocycles. The Hall–Kier alpha value is -3.07. The van der Waals surface area contributed by atoms with Crippen LogP contribution in [0.2, 0.25) is 0 Å². The summed E-state index contributed by atoms with van der Waals surface area (Å²) < 4.78 is 6.43. The van der Waals surface area contributed by atoms with Gasteiger partial charge in [-0.25, -0.2) is 4.79 Å². The van der Waals surface area contributed by atoms with Gasteiger partial charge in [-0.3, -0.25) is 0 Å². The molecular formula is C26H26O3. The van der Waals surface area contributed by atoms with Crippen molar-refractivity contribution in [1.82, 2.24) is 0 Å². The molecule has 0 saturated carbocycles. The van der Waals surface area contributed by atoms with Crippen molar-refractivity contribution in [1.29, 1.82) is 0 Å². The minimum absolute atomic E-state index is 0.235. The highest BCUT2D eigenvalue weighted by Crippen LogP contribution is 2.38. The zero-order valence-electron chi connectivity index (χ0n) is 16.9. The molecule has 0 bridgehead atoms. The number of aromatic carboxylic acids is 1. The standard InChI is InChI=1S/C26H26O3/c1-3-18-8-10-19(11-9-18)17-26(2)15-14-21-16-20(12-13-24(21)29-26)22-6-4-5-7-23(22)25(27)28/h4-13,16H,3,14-15,17H2,1-2H3,(H,27,28)/t26-/m1/s1. The molecule has 0 saturated heterocycles. The lowest BCUT2D eigenvalue weighted by molar-refractivity contribution is 0.0654. The van der Waals surface area contributed by atoms with Crippen LogP contribution in [-0.4, -0.2) is 16.7 Å². The third-order valence-corrected chi connectivity index (χ3v) is 5.82. The average molecular weight is 386 g/mol. The number of benzene rings is 3. The molecule has 0 unspecified atom stereocenters. The Morgan fingerprint density at radius 2 is 1.76 bits per heavy atom. The van der Waals surface area contributed by atoms with Gasteiger partial charge >= 0.3 is 5.97 Å². The number of fused-ring (bicyclic) bond motifs is 1. The van der Waals surface area contributed by atoms with Gasteiger partial charge < -0.3 is 9.84 Å². The molecule has 1 aliphatic rings. The maximum absolute atomic E-state index is 11.6. The molecule has 29 heavy (non-hydrogen) atoms. The van der Waals surface area contributed by atoms with E-state index < -0.39 is 5.97 Å². The number of ether oxygens (including phenoxy) is 1. The summed E-state index contributed by atoms with van der Waals surface area (Å²) in [5.41, 5.74) is 5.53. The lowest BCUT2D eigenvalue weighted by Crippen LogP contribution is -2.38. The largest absolute Gasteiger partial charge is 0.487 e. The van der Waals surface area contributed by atoms with Crippen molar-refractivity contribution in [2.45, 2.75) is 45.1 Å². The summed E-state index contributed by atoms with van der Waals surface area (Å²) in [6, 6.07) is 22.0. The van der Waals surface area contributed by atoms with Gasteiger partial charge in [0, 0.05) is 6.42 Å². The monoisotopic (exact) mass is 386 g/mol. The highest BCUT2D eigenvalue weighted by molar-refractivity contribution is 5.96. The van der Waals surface area contributed by atoms with Crippen LogP contribution in [0.5, 0.6) is 5.75 Å². The molecule has 148 valence electrons. The first-order chi connectivity index (χ1) is 14.0. The first-order valence-electron chi connectivity index (χ1n) is 10.2. The minimum Gasteiger partial charge on any atom is -0.487 e. The Morgan fingerprint density at radius 3 is 2.48 bits per heavy atom. The van der Waals surface area contributed by atoms with Crippen LogP contribution in [0, 0.1) is 0 Å². The number of aryl methyl sites for hydroxylation is 2. The Kier molecular flexibility index (Phi) is 5.14. The summed E-state index contributed by atoms with van der Waals surface area (Å²) in [4.78, 5) is 11.6. The van der Waals surface area contributed by atoms with E-state index in [1.165, 1.54) is 11.1 Å². The molecule has 1 atom stereocenters. The second kappa shape index (κ2) is 7.75. The second-order valence-electron chi connectivity index (χ2n) is 8.07. The first-order valence-corrected chi connectivity index (χ1v) is 10.2. The Labute approximate surface area is 172 Å². The maximum Gasteiger partial charge on any atom is 0.336 e. The summed E-state index contributed by atoms with van der Waals surface area (Å²) in [6.45, 7) is 4.35. The fourth-order valence-corrected chi connectivity index (χ4v) is 4.13. The topological polar surface area (TPSA) is 46.5 Å². The van der Waals surface area contributed by atoms with Gasteiger partial charge in [0.25, 0.3) is 0 Å². The summed E-state index contributed by atoms with van der Waals surface area (Å²) in [5.74, 6) is -0.00304. The van der Waals surface area contributed by atoms with Crippen molar-refractivity contribution in [3.8, 4) is 16.9 Å². The maximum atomic E-state index is 11.6. The number of hydrogen-bond donors (Lipinski definition) is 1. The lowest BCUT2D eigenvalue weighted by Gasteiger charge is -2.36. The van der Waals surface area contributed by atoms with Crippen LogP contribution in [0.15, 0.2) is 66.7 Å². The average Bonchev–Trinajstić information content (AvgIpc) is 2.73. The van der Waals surface area contributed by atoms with Crippen molar-refractivity contribution in [3.05, 3.63) is 89.0 Å². The normalized spacial score (nSPS) is 18.0. The van der Waals surface area contributed by atoms with Crippen LogP contribution in [-0.2, 0) is 19.3 Å². The van der Waals surface area contributed by atoms with Crippen LogP contribution in [0.3, 0.4) is 0 Å². The van der Waals surface area contributed by atoms with Crippen LogP contribution in [0.25, 0.3) is 11.1 Å². The van der Waals surface area contributed by atoms with Gasteiger partial charge in [-0.15, -0.1) is 0 Å². The predicted octanol–water partition coefficient (Wildman–Crippen LogP) is 5.94. The summed E-state index contributed by atoms with van der Waals surface area (Å²) >= 11 is 0. The fourth-order valence-electron chi connectivity index (χ4n) is 4.13. The molecule has 1 N–H and O–H groups in total. The Balaban J connectivity index is 1.57. The van der Waals surface area contributed by atoms with Gasteiger partial charge in [0.05, 0.1) is 5.56 Å². The number of carboxylic acid groups (broad SMARTS) is 1. The molecule has 0 amide bonds. The van der Waals surface area contributed by atoms with Crippen molar-refractivity contribution >= 4 is 5.97 Å². The van der Waals surface area contributed by atoms with Gasteiger partial charge in [0.2, 0.25) is 0 Å². The van der Waals surface area contributed by atoms with Crippen LogP contribution < -0.4 is 4.74 Å². The quantitative estimate of drug-likeness (QED) is 0.590. The number of rotatable bonds is 5. The Morgan fingerprint density at radius 1 is 1.03 bits per heavy atom. The first kappa shape index (κ1) is 19.3. The molecule has 0 aromatic heterocycles. The predicted molar refractivity (Wildman–Crippen MR) is 116 cm³/mol. The fraction of sp³-hybridized carbons (Fsp3) is 0.269. The SMILES string of the molecule is CCc1ccc(C[C@@]2(C)CCc3cc(-c4ccccc4C(=O)O)ccc3O2)cc1. The molecule has 0 fully saturated rings. The zero-order chi connectivity index (χ0) is 20.4.